The molecule has 3 rings (SSSR count). The fraction of sp³-hybridized carbons (Fsp3) is 0.118. The van der Waals surface area contributed by atoms with Crippen LogP contribution in [0.25, 0.3) is 0 Å². The van der Waals surface area contributed by atoms with Crippen molar-refractivity contribution in [3.05, 3.63) is 60.2 Å². The summed E-state index contributed by atoms with van der Waals surface area (Å²) in [5.74, 6) is 0.390. The van der Waals surface area contributed by atoms with Crippen LogP contribution in [-0.2, 0) is 4.79 Å². The lowest BCUT2D eigenvalue weighted by Gasteiger charge is -2.16. The molecule has 1 aliphatic rings. The molecule has 4 nitrogen and oxygen atoms in total. The fourth-order valence-corrected chi connectivity index (χ4v) is 3.29. The van der Waals surface area contributed by atoms with Gasteiger partial charge in [0.15, 0.2) is 10.3 Å². The Hall–Kier alpha value is -2.18. The molecule has 1 saturated heterocycles. The predicted molar refractivity (Wildman–Crippen MR) is 101 cm³/mol. The Kier molecular flexibility index (Phi) is 4.73. The van der Waals surface area contributed by atoms with Crippen molar-refractivity contribution in [3.8, 4) is 0 Å². The SMILES string of the molecule is Cc1ccc(N2C(=O)CS/C2=N/C(=S)Nc2ccccc2)cc1. The van der Waals surface area contributed by atoms with E-state index in [1.807, 2.05) is 61.5 Å². The van der Waals surface area contributed by atoms with Gasteiger partial charge in [0.1, 0.15) is 0 Å². The quantitative estimate of drug-likeness (QED) is 0.843. The monoisotopic (exact) mass is 341 g/mol. The van der Waals surface area contributed by atoms with E-state index in [0.717, 1.165) is 16.9 Å². The topological polar surface area (TPSA) is 44.7 Å². The molecule has 0 atom stereocenters. The van der Waals surface area contributed by atoms with Crippen molar-refractivity contribution in [1.82, 2.24) is 0 Å². The number of carbonyl (C=O) groups is 1. The van der Waals surface area contributed by atoms with Gasteiger partial charge in [0.05, 0.1) is 11.4 Å². The number of rotatable bonds is 2. The zero-order valence-corrected chi connectivity index (χ0v) is 14.2. The number of anilines is 2. The first-order valence-corrected chi connectivity index (χ1v) is 8.50. The van der Waals surface area contributed by atoms with Crippen LogP contribution in [0.2, 0.25) is 0 Å². The molecule has 23 heavy (non-hydrogen) atoms. The molecule has 0 aliphatic carbocycles. The maximum absolute atomic E-state index is 12.2. The molecule has 1 fully saturated rings. The molecule has 116 valence electrons. The fourth-order valence-electron chi connectivity index (χ4n) is 2.15. The number of nitrogens with zero attached hydrogens (tertiary/aromatic N) is 2. The summed E-state index contributed by atoms with van der Waals surface area (Å²) in [6, 6.07) is 17.4. The molecule has 1 aliphatic heterocycles. The van der Waals surface area contributed by atoms with E-state index >= 15 is 0 Å². The van der Waals surface area contributed by atoms with E-state index in [2.05, 4.69) is 10.3 Å². The molecule has 1 amide bonds. The molecule has 0 radical (unpaired) electrons. The maximum Gasteiger partial charge on any atom is 0.243 e. The van der Waals surface area contributed by atoms with Crippen LogP contribution in [-0.4, -0.2) is 21.9 Å². The van der Waals surface area contributed by atoms with Gasteiger partial charge in [-0.3, -0.25) is 9.69 Å². The highest BCUT2D eigenvalue weighted by atomic mass is 32.2. The first-order valence-electron chi connectivity index (χ1n) is 7.10. The molecule has 0 bridgehead atoms. The summed E-state index contributed by atoms with van der Waals surface area (Å²) in [6.45, 7) is 2.01. The molecule has 2 aromatic carbocycles. The van der Waals surface area contributed by atoms with Crippen molar-refractivity contribution in [3.63, 3.8) is 0 Å². The van der Waals surface area contributed by atoms with Crippen molar-refractivity contribution in [1.29, 1.82) is 0 Å². The summed E-state index contributed by atoms with van der Waals surface area (Å²) < 4.78 is 0. The predicted octanol–water partition coefficient (Wildman–Crippen LogP) is 3.83. The van der Waals surface area contributed by atoms with E-state index in [1.54, 1.807) is 4.90 Å². The Bertz CT molecular complexity index is 757. The maximum atomic E-state index is 12.2. The Morgan fingerprint density at radius 1 is 1.17 bits per heavy atom. The largest absolute Gasteiger partial charge is 0.331 e. The zero-order valence-electron chi connectivity index (χ0n) is 12.5. The van der Waals surface area contributed by atoms with Crippen LogP contribution < -0.4 is 10.2 Å². The average Bonchev–Trinajstić information content (AvgIpc) is 2.90. The molecule has 6 heteroatoms. The molecular formula is C17H15N3OS2. The molecule has 2 aromatic rings. The first-order chi connectivity index (χ1) is 11.1. The third-order valence-electron chi connectivity index (χ3n) is 3.28. The number of aliphatic imine (C=N–C) groups is 1. The van der Waals surface area contributed by atoms with E-state index < -0.39 is 0 Å². The highest BCUT2D eigenvalue weighted by Crippen LogP contribution is 2.27. The van der Waals surface area contributed by atoms with Gasteiger partial charge in [0, 0.05) is 5.69 Å². The highest BCUT2D eigenvalue weighted by molar-refractivity contribution is 8.15. The number of hydrogen-bond acceptors (Lipinski definition) is 3. The lowest BCUT2D eigenvalue weighted by molar-refractivity contribution is -0.115. The van der Waals surface area contributed by atoms with E-state index in [4.69, 9.17) is 12.2 Å². The lowest BCUT2D eigenvalue weighted by Crippen LogP contribution is -2.30. The minimum Gasteiger partial charge on any atom is -0.331 e. The number of para-hydroxylation sites is 1. The Balaban J connectivity index is 1.81. The molecular weight excluding hydrogens is 326 g/mol. The number of amidine groups is 1. The van der Waals surface area contributed by atoms with Crippen LogP contribution in [0, 0.1) is 6.92 Å². The van der Waals surface area contributed by atoms with Gasteiger partial charge in [-0.15, -0.1) is 0 Å². The highest BCUT2D eigenvalue weighted by Gasteiger charge is 2.29. The number of hydrogen-bond donors (Lipinski definition) is 1. The number of carbonyl (C=O) groups excluding carboxylic acids is 1. The standard InChI is InChI=1S/C17H15N3OS2/c1-12-7-9-14(10-8-12)20-15(21)11-23-17(20)19-16(22)18-13-5-3-2-4-6-13/h2-10H,11H2,1H3,(H,18,22)/b19-17+. The molecule has 1 N–H and O–H groups in total. The van der Waals surface area contributed by atoms with Crippen molar-refractivity contribution < 1.29 is 4.79 Å². The normalized spacial score (nSPS) is 16.0. The first kappa shape index (κ1) is 15.7. The lowest BCUT2D eigenvalue weighted by atomic mass is 10.2. The minimum atomic E-state index is 0.0140. The van der Waals surface area contributed by atoms with Crippen LogP contribution >= 0.6 is 24.0 Å². The molecule has 0 spiro atoms. The van der Waals surface area contributed by atoms with E-state index in [0.29, 0.717) is 16.0 Å². The number of benzene rings is 2. The summed E-state index contributed by atoms with van der Waals surface area (Å²) in [5, 5.41) is 4.00. The van der Waals surface area contributed by atoms with Crippen LogP contribution in [0.15, 0.2) is 59.6 Å². The smallest absolute Gasteiger partial charge is 0.243 e. The second kappa shape index (κ2) is 6.93. The second-order valence-corrected chi connectivity index (χ2v) is 6.37. The van der Waals surface area contributed by atoms with Gasteiger partial charge >= 0.3 is 0 Å². The van der Waals surface area contributed by atoms with Crippen molar-refractivity contribution in [2.45, 2.75) is 6.92 Å². The number of aryl methyl sites for hydroxylation is 1. The summed E-state index contributed by atoms with van der Waals surface area (Å²) in [5.41, 5.74) is 2.83. The molecule has 1 heterocycles. The van der Waals surface area contributed by atoms with E-state index in [1.165, 1.54) is 11.8 Å². The zero-order chi connectivity index (χ0) is 16.2. The molecule has 0 aromatic heterocycles. The van der Waals surface area contributed by atoms with Crippen LogP contribution in [0.4, 0.5) is 11.4 Å². The van der Waals surface area contributed by atoms with Gasteiger partial charge in [-0.05, 0) is 43.4 Å². The van der Waals surface area contributed by atoms with Crippen molar-refractivity contribution in [2.24, 2.45) is 4.99 Å². The Morgan fingerprint density at radius 3 is 2.57 bits per heavy atom. The van der Waals surface area contributed by atoms with Gasteiger partial charge in [-0.2, -0.15) is 4.99 Å². The Morgan fingerprint density at radius 2 is 1.87 bits per heavy atom. The van der Waals surface area contributed by atoms with Gasteiger partial charge in [-0.1, -0.05) is 47.7 Å². The van der Waals surface area contributed by atoms with Crippen LogP contribution in [0.5, 0.6) is 0 Å². The summed E-state index contributed by atoms with van der Waals surface area (Å²) in [7, 11) is 0. The summed E-state index contributed by atoms with van der Waals surface area (Å²) in [4.78, 5) is 18.2. The third kappa shape index (κ3) is 3.78. The van der Waals surface area contributed by atoms with Gasteiger partial charge < -0.3 is 5.32 Å². The number of thioether (sulfide) groups is 1. The van der Waals surface area contributed by atoms with Gasteiger partial charge in [0.25, 0.3) is 0 Å². The summed E-state index contributed by atoms with van der Waals surface area (Å²) >= 11 is 6.68. The van der Waals surface area contributed by atoms with E-state index in [-0.39, 0.29) is 5.91 Å². The Labute approximate surface area is 144 Å². The summed E-state index contributed by atoms with van der Waals surface area (Å²) in [6.07, 6.45) is 0. The van der Waals surface area contributed by atoms with Gasteiger partial charge in [0.2, 0.25) is 5.91 Å². The number of nitrogens with one attached hydrogen (secondary N) is 1. The molecule has 0 saturated carbocycles. The van der Waals surface area contributed by atoms with E-state index in [9.17, 15) is 4.79 Å². The number of thiocarbonyl (C=S) groups is 1. The van der Waals surface area contributed by atoms with Gasteiger partial charge in [-0.25, -0.2) is 0 Å². The minimum absolute atomic E-state index is 0.0140. The van der Waals surface area contributed by atoms with Crippen molar-refractivity contribution >= 4 is 51.5 Å². The van der Waals surface area contributed by atoms with Crippen molar-refractivity contribution in [2.75, 3.05) is 16.0 Å². The average molecular weight is 341 g/mol. The van der Waals surface area contributed by atoms with Crippen LogP contribution in [0.1, 0.15) is 5.56 Å². The molecule has 0 unspecified atom stereocenters. The van der Waals surface area contributed by atoms with Crippen LogP contribution in [0.3, 0.4) is 0 Å². The third-order valence-corrected chi connectivity index (χ3v) is 4.40. The second-order valence-electron chi connectivity index (χ2n) is 5.04. The number of amides is 1.